The molecule has 0 aliphatic carbocycles. The quantitative estimate of drug-likeness (QED) is 0.303. The summed E-state index contributed by atoms with van der Waals surface area (Å²) in [5, 5.41) is 2.52. The number of hydrogen-bond acceptors (Lipinski definition) is 3. The summed E-state index contributed by atoms with van der Waals surface area (Å²) >= 11 is 0. The van der Waals surface area contributed by atoms with Crippen molar-refractivity contribution < 1.29 is 4.65 Å². The van der Waals surface area contributed by atoms with E-state index in [9.17, 15) is 0 Å². The molecule has 0 amide bonds. The molecule has 0 saturated heterocycles. The Bertz CT molecular complexity index is 1680. The lowest BCUT2D eigenvalue weighted by molar-refractivity contribution is 0.576. The van der Waals surface area contributed by atoms with Crippen LogP contribution in [0.15, 0.2) is 103 Å². The number of benzene rings is 4. The fourth-order valence-corrected chi connectivity index (χ4v) is 5.42. The topological polar surface area (TPSA) is 35.2 Å². The predicted molar refractivity (Wildman–Crippen MR) is 132 cm³/mol. The minimum absolute atomic E-state index is 0.277. The first kappa shape index (κ1) is 17.2. The average Bonchev–Trinajstić information content (AvgIpc) is 3.58. The van der Waals surface area contributed by atoms with Crippen molar-refractivity contribution in [2.45, 2.75) is 0 Å². The number of para-hydroxylation sites is 3. The second-order valence-electron chi connectivity index (χ2n) is 8.51. The Morgan fingerprint density at radius 2 is 1.45 bits per heavy atom. The molecule has 8 rings (SSSR count). The summed E-state index contributed by atoms with van der Waals surface area (Å²) in [4.78, 5) is 6.87. The highest BCUT2D eigenvalue weighted by molar-refractivity contribution is 6.61. The minimum Gasteiger partial charge on any atom is -0.521 e. The van der Waals surface area contributed by atoms with Crippen LogP contribution in [0.5, 0.6) is 5.75 Å². The van der Waals surface area contributed by atoms with Gasteiger partial charge in [0, 0.05) is 40.1 Å². The molecular weight excluding hydrogens is 407 g/mol. The SMILES string of the molecule is c1ccc2c(c1)-c1nccn1B1Oc3ccc(-n4c5ccccc5c5ccccc54)cc3N12. The van der Waals surface area contributed by atoms with E-state index in [1.807, 2.05) is 12.4 Å². The number of fused-ring (bicyclic) bond motifs is 11. The van der Waals surface area contributed by atoms with Crippen molar-refractivity contribution in [1.82, 2.24) is 14.0 Å². The molecule has 154 valence electrons. The predicted octanol–water partition coefficient (Wildman–Crippen LogP) is 6.02. The second kappa shape index (κ2) is 6.08. The third-order valence-electron chi connectivity index (χ3n) is 6.80. The van der Waals surface area contributed by atoms with Gasteiger partial charge in [0.2, 0.25) is 0 Å². The summed E-state index contributed by atoms with van der Waals surface area (Å²) in [6.45, 7) is 0. The lowest BCUT2D eigenvalue weighted by Crippen LogP contribution is -2.45. The van der Waals surface area contributed by atoms with Crippen LogP contribution in [0.4, 0.5) is 11.4 Å². The third-order valence-corrected chi connectivity index (χ3v) is 6.80. The standard InChI is InChI=1S/C27H17BN4O/c1-4-10-22-19(7-1)20-8-2-5-11-23(20)31(22)18-13-14-26-25(17-18)32-24-12-6-3-9-21(24)27-29-15-16-30(27)28(32)33-26/h1-17H. The molecule has 2 aliphatic heterocycles. The molecule has 5 nitrogen and oxygen atoms in total. The summed E-state index contributed by atoms with van der Waals surface area (Å²) in [6, 6.07) is 32.1. The summed E-state index contributed by atoms with van der Waals surface area (Å²) < 4.78 is 10.9. The number of imidazole rings is 1. The van der Waals surface area contributed by atoms with E-state index in [-0.39, 0.29) is 7.19 Å². The zero-order chi connectivity index (χ0) is 21.5. The van der Waals surface area contributed by atoms with Gasteiger partial charge in [-0.05, 0) is 42.5 Å². The highest BCUT2D eigenvalue weighted by Gasteiger charge is 2.46. The van der Waals surface area contributed by atoms with Crippen LogP contribution in [-0.4, -0.2) is 21.2 Å². The average molecular weight is 424 g/mol. The van der Waals surface area contributed by atoms with Crippen LogP contribution in [0.2, 0.25) is 0 Å². The van der Waals surface area contributed by atoms with Gasteiger partial charge in [-0.15, -0.1) is 0 Å². The van der Waals surface area contributed by atoms with Gasteiger partial charge in [-0.1, -0.05) is 48.5 Å². The number of hydrogen-bond donors (Lipinski definition) is 0. The maximum atomic E-state index is 6.44. The molecule has 0 radical (unpaired) electrons. The Kier molecular flexibility index (Phi) is 3.16. The van der Waals surface area contributed by atoms with Gasteiger partial charge in [-0.2, -0.15) is 0 Å². The van der Waals surface area contributed by atoms with Gasteiger partial charge in [-0.25, -0.2) is 4.98 Å². The zero-order valence-corrected chi connectivity index (χ0v) is 17.6. The zero-order valence-electron chi connectivity index (χ0n) is 17.6. The monoisotopic (exact) mass is 424 g/mol. The van der Waals surface area contributed by atoms with Crippen LogP contribution in [0.3, 0.4) is 0 Å². The Morgan fingerprint density at radius 1 is 0.727 bits per heavy atom. The van der Waals surface area contributed by atoms with Crippen LogP contribution in [0, 0.1) is 0 Å². The normalized spacial score (nSPS) is 13.6. The largest absolute Gasteiger partial charge is 0.629 e. The number of nitrogens with zero attached hydrogens (tertiary/aromatic N) is 4. The molecule has 4 aromatic carbocycles. The fourth-order valence-electron chi connectivity index (χ4n) is 5.42. The summed E-state index contributed by atoms with van der Waals surface area (Å²) in [5.41, 5.74) is 6.79. The Morgan fingerprint density at radius 3 is 2.27 bits per heavy atom. The van der Waals surface area contributed by atoms with E-state index in [1.54, 1.807) is 0 Å². The summed E-state index contributed by atoms with van der Waals surface area (Å²) in [5.74, 6) is 1.81. The van der Waals surface area contributed by atoms with Gasteiger partial charge in [0.15, 0.2) is 0 Å². The lowest BCUT2D eigenvalue weighted by Gasteiger charge is -2.29. The van der Waals surface area contributed by atoms with E-state index in [4.69, 9.17) is 4.65 Å². The van der Waals surface area contributed by atoms with Crippen molar-refractivity contribution in [3.05, 3.63) is 103 Å². The van der Waals surface area contributed by atoms with Crippen LogP contribution in [0.1, 0.15) is 0 Å². The first-order valence-corrected chi connectivity index (χ1v) is 11.1. The third kappa shape index (κ3) is 2.15. The molecule has 0 atom stereocenters. The van der Waals surface area contributed by atoms with E-state index < -0.39 is 0 Å². The molecule has 4 heterocycles. The Balaban J connectivity index is 1.39. The maximum Gasteiger partial charge on any atom is 0.629 e. The molecular formula is C27H17BN4O. The van der Waals surface area contributed by atoms with Gasteiger partial charge in [0.1, 0.15) is 11.6 Å². The van der Waals surface area contributed by atoms with E-state index in [2.05, 4.69) is 110 Å². The molecule has 0 saturated carbocycles. The van der Waals surface area contributed by atoms with Gasteiger partial charge in [-0.3, -0.25) is 0 Å². The van der Waals surface area contributed by atoms with Crippen LogP contribution >= 0.6 is 0 Å². The molecule has 6 heteroatoms. The highest BCUT2D eigenvalue weighted by atomic mass is 16.5. The number of aromatic nitrogens is 3. The second-order valence-corrected chi connectivity index (χ2v) is 8.51. The minimum atomic E-state index is -0.277. The van der Waals surface area contributed by atoms with Crippen LogP contribution < -0.4 is 9.47 Å². The summed E-state index contributed by atoms with van der Waals surface area (Å²) in [7, 11) is -0.277. The van der Waals surface area contributed by atoms with E-state index in [0.29, 0.717) is 0 Å². The maximum absolute atomic E-state index is 6.44. The molecule has 0 bridgehead atoms. The van der Waals surface area contributed by atoms with E-state index in [0.717, 1.165) is 34.2 Å². The van der Waals surface area contributed by atoms with Crippen molar-refractivity contribution >= 4 is 40.4 Å². The fraction of sp³-hybridized carbons (Fsp3) is 0. The van der Waals surface area contributed by atoms with Gasteiger partial charge >= 0.3 is 7.19 Å². The first-order chi connectivity index (χ1) is 16.4. The van der Waals surface area contributed by atoms with E-state index in [1.165, 1.54) is 21.8 Å². The van der Waals surface area contributed by atoms with Crippen LogP contribution in [-0.2, 0) is 0 Å². The molecule has 0 fully saturated rings. The van der Waals surface area contributed by atoms with Gasteiger partial charge < -0.3 is 18.5 Å². The summed E-state index contributed by atoms with van der Waals surface area (Å²) in [6.07, 6.45) is 3.83. The first-order valence-electron chi connectivity index (χ1n) is 11.1. The van der Waals surface area contributed by atoms with Crippen LogP contribution in [0.25, 0.3) is 38.9 Å². The number of anilines is 2. The van der Waals surface area contributed by atoms with Crippen molar-refractivity contribution in [1.29, 1.82) is 0 Å². The van der Waals surface area contributed by atoms with Gasteiger partial charge in [0.05, 0.1) is 16.7 Å². The molecule has 2 aliphatic rings. The smallest absolute Gasteiger partial charge is 0.521 e. The molecule has 0 N–H and O–H groups in total. The van der Waals surface area contributed by atoms with Gasteiger partial charge in [0.25, 0.3) is 0 Å². The Hall–Kier alpha value is -4.45. The molecule has 0 unspecified atom stereocenters. The van der Waals surface area contributed by atoms with E-state index >= 15 is 0 Å². The molecule has 0 spiro atoms. The Labute approximate surface area is 190 Å². The van der Waals surface area contributed by atoms with Crippen molar-refractivity contribution in [3.63, 3.8) is 0 Å². The molecule has 6 aromatic rings. The van der Waals surface area contributed by atoms with Crippen molar-refractivity contribution in [2.75, 3.05) is 4.81 Å². The number of rotatable bonds is 1. The van der Waals surface area contributed by atoms with Crippen molar-refractivity contribution in [3.8, 4) is 22.8 Å². The molecule has 2 aromatic heterocycles. The van der Waals surface area contributed by atoms with Crippen molar-refractivity contribution in [2.24, 2.45) is 0 Å². The lowest BCUT2D eigenvalue weighted by atomic mass is 9.90. The highest BCUT2D eigenvalue weighted by Crippen LogP contribution is 2.48. The molecule has 33 heavy (non-hydrogen) atoms.